The van der Waals surface area contributed by atoms with Crippen LogP contribution in [0.3, 0.4) is 0 Å². The number of benzene rings is 1. The zero-order valence-corrected chi connectivity index (χ0v) is 13.4. The van der Waals surface area contributed by atoms with Gasteiger partial charge in [0.2, 0.25) is 0 Å². The van der Waals surface area contributed by atoms with Gasteiger partial charge in [-0.1, -0.05) is 13.8 Å². The summed E-state index contributed by atoms with van der Waals surface area (Å²) in [6.07, 6.45) is 0.388. The molecule has 0 spiro atoms. The first kappa shape index (κ1) is 18.2. The number of carbonyl (C=O) groups excluding carboxylic acids is 1. The zero-order chi connectivity index (χ0) is 16.6. The second kappa shape index (κ2) is 8.58. The van der Waals surface area contributed by atoms with E-state index in [2.05, 4.69) is 10.6 Å². The first-order chi connectivity index (χ1) is 10.3. The van der Waals surface area contributed by atoms with Gasteiger partial charge in [-0.3, -0.25) is 0 Å². The van der Waals surface area contributed by atoms with Crippen LogP contribution < -0.4 is 15.4 Å². The number of rotatable bonds is 8. The molecule has 0 fully saturated rings. The molecule has 0 aromatic heterocycles. The monoisotopic (exact) mass is 312 g/mol. The summed E-state index contributed by atoms with van der Waals surface area (Å²) in [5, 5.41) is 14.4. The van der Waals surface area contributed by atoms with Crippen molar-refractivity contribution in [3.8, 4) is 5.75 Å². The molecular formula is C16H25FN2O3. The zero-order valence-electron chi connectivity index (χ0n) is 13.4. The SMILES string of the molecule is CC(CNC(=O)NCC(C)(C)CCO)Oc1ccc(F)cc1. The van der Waals surface area contributed by atoms with Crippen LogP contribution in [0, 0.1) is 11.2 Å². The van der Waals surface area contributed by atoms with Crippen molar-refractivity contribution in [3.63, 3.8) is 0 Å². The van der Waals surface area contributed by atoms with Crippen molar-refractivity contribution in [2.24, 2.45) is 5.41 Å². The molecular weight excluding hydrogens is 287 g/mol. The van der Waals surface area contributed by atoms with Gasteiger partial charge >= 0.3 is 6.03 Å². The summed E-state index contributed by atoms with van der Waals surface area (Å²) in [7, 11) is 0. The van der Waals surface area contributed by atoms with Crippen molar-refractivity contribution in [2.75, 3.05) is 19.7 Å². The molecule has 0 aliphatic rings. The van der Waals surface area contributed by atoms with Crippen LogP contribution in [0.2, 0.25) is 0 Å². The summed E-state index contributed by atoms with van der Waals surface area (Å²) in [6, 6.07) is 5.46. The first-order valence-electron chi connectivity index (χ1n) is 7.37. The Bertz CT molecular complexity index is 463. The molecule has 0 bridgehead atoms. The molecule has 0 saturated heterocycles. The molecule has 1 aromatic rings. The Balaban J connectivity index is 2.27. The third-order valence-electron chi connectivity index (χ3n) is 3.22. The second-order valence-electron chi connectivity index (χ2n) is 6.08. The normalized spacial score (nSPS) is 12.6. The molecule has 0 saturated carbocycles. The molecule has 22 heavy (non-hydrogen) atoms. The van der Waals surface area contributed by atoms with Gasteiger partial charge < -0.3 is 20.5 Å². The standard InChI is InChI=1S/C16H25FN2O3/c1-12(22-14-6-4-13(17)5-7-14)10-18-15(21)19-11-16(2,3)8-9-20/h4-7,12,20H,8-11H2,1-3H3,(H2,18,19,21). The summed E-state index contributed by atoms with van der Waals surface area (Å²) in [6.45, 7) is 6.68. The van der Waals surface area contributed by atoms with Crippen molar-refractivity contribution in [2.45, 2.75) is 33.3 Å². The van der Waals surface area contributed by atoms with Gasteiger partial charge in [0.15, 0.2) is 0 Å². The number of aliphatic hydroxyl groups is 1. The Labute approximate surface area is 130 Å². The molecule has 6 heteroatoms. The molecule has 3 N–H and O–H groups in total. The van der Waals surface area contributed by atoms with Gasteiger partial charge in [0, 0.05) is 13.2 Å². The van der Waals surface area contributed by atoms with Gasteiger partial charge in [0.25, 0.3) is 0 Å². The number of nitrogens with one attached hydrogen (secondary N) is 2. The Hall–Kier alpha value is -1.82. The summed E-state index contributed by atoms with van der Waals surface area (Å²) in [5.74, 6) is 0.239. The highest BCUT2D eigenvalue weighted by atomic mass is 19.1. The average Bonchev–Trinajstić information content (AvgIpc) is 2.45. The number of urea groups is 1. The number of hydrogen-bond donors (Lipinski definition) is 3. The van der Waals surface area contributed by atoms with E-state index in [0.29, 0.717) is 25.3 Å². The van der Waals surface area contributed by atoms with Crippen LogP contribution in [0.15, 0.2) is 24.3 Å². The smallest absolute Gasteiger partial charge is 0.314 e. The molecule has 0 aliphatic heterocycles. The quantitative estimate of drug-likeness (QED) is 0.690. The lowest BCUT2D eigenvalue weighted by Gasteiger charge is -2.24. The highest BCUT2D eigenvalue weighted by molar-refractivity contribution is 5.73. The molecule has 1 unspecified atom stereocenters. The Morgan fingerprint density at radius 3 is 2.55 bits per heavy atom. The largest absolute Gasteiger partial charge is 0.489 e. The van der Waals surface area contributed by atoms with Crippen molar-refractivity contribution < 1.29 is 19.0 Å². The summed E-state index contributed by atoms with van der Waals surface area (Å²) >= 11 is 0. The van der Waals surface area contributed by atoms with Crippen LogP contribution in [0.4, 0.5) is 9.18 Å². The highest BCUT2D eigenvalue weighted by Gasteiger charge is 2.18. The van der Waals surface area contributed by atoms with Crippen LogP contribution >= 0.6 is 0 Å². The number of hydrogen-bond acceptors (Lipinski definition) is 3. The fourth-order valence-electron chi connectivity index (χ4n) is 1.80. The number of carbonyl (C=O) groups is 1. The minimum Gasteiger partial charge on any atom is -0.489 e. The lowest BCUT2D eigenvalue weighted by Crippen LogP contribution is -2.43. The molecule has 1 atom stereocenters. The average molecular weight is 312 g/mol. The minimum atomic E-state index is -0.317. The van der Waals surface area contributed by atoms with E-state index in [1.807, 2.05) is 20.8 Å². The van der Waals surface area contributed by atoms with E-state index in [1.54, 1.807) is 12.1 Å². The number of halogens is 1. The van der Waals surface area contributed by atoms with Crippen LogP contribution in [-0.2, 0) is 0 Å². The fraction of sp³-hybridized carbons (Fsp3) is 0.562. The molecule has 1 rings (SSSR count). The van der Waals surface area contributed by atoms with Gasteiger partial charge in [-0.25, -0.2) is 9.18 Å². The maximum Gasteiger partial charge on any atom is 0.314 e. The van der Waals surface area contributed by atoms with Crippen LogP contribution in [0.1, 0.15) is 27.2 Å². The molecule has 124 valence electrons. The predicted molar refractivity (Wildman–Crippen MR) is 83.4 cm³/mol. The lowest BCUT2D eigenvalue weighted by molar-refractivity contribution is 0.194. The molecule has 1 aromatic carbocycles. The van der Waals surface area contributed by atoms with Crippen molar-refractivity contribution in [1.82, 2.24) is 10.6 Å². The van der Waals surface area contributed by atoms with E-state index < -0.39 is 0 Å². The van der Waals surface area contributed by atoms with Crippen molar-refractivity contribution >= 4 is 6.03 Å². The highest BCUT2D eigenvalue weighted by Crippen LogP contribution is 2.17. The molecule has 0 heterocycles. The van der Waals surface area contributed by atoms with Gasteiger partial charge in [-0.05, 0) is 43.0 Å². The molecule has 5 nitrogen and oxygen atoms in total. The van der Waals surface area contributed by atoms with E-state index in [0.717, 1.165) is 0 Å². The van der Waals surface area contributed by atoms with E-state index in [1.165, 1.54) is 12.1 Å². The van der Waals surface area contributed by atoms with Gasteiger partial charge in [0.05, 0.1) is 6.54 Å². The molecule has 2 amide bonds. The Kier molecular flexibility index (Phi) is 7.11. The topological polar surface area (TPSA) is 70.6 Å². The van der Waals surface area contributed by atoms with Crippen molar-refractivity contribution in [1.29, 1.82) is 0 Å². The number of ether oxygens (including phenoxy) is 1. The third kappa shape index (κ3) is 7.26. The minimum absolute atomic E-state index is 0.0961. The van der Waals surface area contributed by atoms with Gasteiger partial charge in [0.1, 0.15) is 17.7 Å². The van der Waals surface area contributed by atoms with E-state index in [-0.39, 0.29) is 30.0 Å². The van der Waals surface area contributed by atoms with E-state index in [9.17, 15) is 9.18 Å². The maximum atomic E-state index is 12.8. The third-order valence-corrected chi connectivity index (χ3v) is 3.22. The first-order valence-corrected chi connectivity index (χ1v) is 7.37. The summed E-state index contributed by atoms with van der Waals surface area (Å²) in [4.78, 5) is 11.7. The van der Waals surface area contributed by atoms with Crippen LogP contribution in [0.25, 0.3) is 0 Å². The molecule has 0 aliphatic carbocycles. The van der Waals surface area contributed by atoms with E-state index in [4.69, 9.17) is 9.84 Å². The predicted octanol–water partition coefficient (Wildman–Crippen LogP) is 2.30. The van der Waals surface area contributed by atoms with Gasteiger partial charge in [-0.2, -0.15) is 0 Å². The number of aliphatic hydroxyl groups excluding tert-OH is 1. The Morgan fingerprint density at radius 1 is 1.32 bits per heavy atom. The van der Waals surface area contributed by atoms with Crippen LogP contribution in [-0.4, -0.2) is 36.9 Å². The summed E-state index contributed by atoms with van der Waals surface area (Å²) in [5.41, 5.74) is -0.150. The maximum absolute atomic E-state index is 12.8. The van der Waals surface area contributed by atoms with Crippen LogP contribution in [0.5, 0.6) is 5.75 Å². The van der Waals surface area contributed by atoms with E-state index >= 15 is 0 Å². The second-order valence-corrected chi connectivity index (χ2v) is 6.08. The Morgan fingerprint density at radius 2 is 1.95 bits per heavy atom. The lowest BCUT2D eigenvalue weighted by atomic mass is 9.90. The fourth-order valence-corrected chi connectivity index (χ4v) is 1.80. The number of amides is 2. The molecule has 0 radical (unpaired) electrons. The van der Waals surface area contributed by atoms with Crippen molar-refractivity contribution in [3.05, 3.63) is 30.1 Å². The van der Waals surface area contributed by atoms with Gasteiger partial charge in [-0.15, -0.1) is 0 Å². The summed E-state index contributed by atoms with van der Waals surface area (Å²) < 4.78 is 18.3.